The summed E-state index contributed by atoms with van der Waals surface area (Å²) in [6.45, 7) is 0. The molecule has 5 nitrogen and oxygen atoms in total. The third kappa shape index (κ3) is 3.11. The molecule has 0 amide bonds. The summed E-state index contributed by atoms with van der Waals surface area (Å²) in [6.07, 6.45) is 8.96. The molecule has 0 saturated heterocycles. The van der Waals surface area contributed by atoms with Gasteiger partial charge in [0.15, 0.2) is 5.78 Å². The standard InChI is InChI=1S/C18H22N4OS/c23-17-15-11-5-4-7-13(15)8-6-12-16(17)24-18-19-20-21-22(18)14-9-2-1-3-10-14/h4-5,7,11,14,16H,1-3,6,8-10,12H2. The molecule has 0 bridgehead atoms. The molecule has 4 rings (SSSR count). The highest BCUT2D eigenvalue weighted by Crippen LogP contribution is 2.35. The monoisotopic (exact) mass is 342 g/mol. The summed E-state index contributed by atoms with van der Waals surface area (Å²) < 4.78 is 1.97. The maximum absolute atomic E-state index is 13.0. The lowest BCUT2D eigenvalue weighted by Gasteiger charge is -2.22. The van der Waals surface area contributed by atoms with E-state index in [4.69, 9.17) is 0 Å². The van der Waals surface area contributed by atoms with Crippen molar-refractivity contribution in [1.29, 1.82) is 0 Å². The Morgan fingerprint density at radius 2 is 1.88 bits per heavy atom. The number of aryl methyl sites for hydroxylation is 1. The van der Waals surface area contributed by atoms with Gasteiger partial charge in [-0.2, -0.15) is 0 Å². The predicted molar refractivity (Wildman–Crippen MR) is 93.3 cm³/mol. The first-order valence-electron chi connectivity index (χ1n) is 8.89. The largest absolute Gasteiger partial charge is 0.293 e. The number of ketones is 1. The Kier molecular flexibility index (Phi) is 4.65. The Balaban J connectivity index is 1.55. The Bertz CT molecular complexity index is 723. The van der Waals surface area contributed by atoms with Gasteiger partial charge in [0, 0.05) is 5.56 Å². The smallest absolute Gasteiger partial charge is 0.210 e. The molecule has 0 N–H and O–H groups in total. The lowest BCUT2D eigenvalue weighted by molar-refractivity contribution is 0.0988. The highest BCUT2D eigenvalue weighted by molar-refractivity contribution is 8.00. The zero-order valence-electron chi connectivity index (χ0n) is 13.7. The molecule has 6 heteroatoms. The van der Waals surface area contributed by atoms with Gasteiger partial charge in [-0.1, -0.05) is 55.3 Å². The maximum atomic E-state index is 13.0. The predicted octanol–water partition coefficient (Wildman–Crippen LogP) is 3.86. The highest BCUT2D eigenvalue weighted by atomic mass is 32.2. The lowest BCUT2D eigenvalue weighted by atomic mass is 9.96. The number of tetrazole rings is 1. The molecule has 24 heavy (non-hydrogen) atoms. The summed E-state index contributed by atoms with van der Waals surface area (Å²) in [7, 11) is 0. The van der Waals surface area contributed by atoms with E-state index in [1.165, 1.54) is 24.8 Å². The van der Waals surface area contributed by atoms with Crippen LogP contribution in [0.3, 0.4) is 0 Å². The van der Waals surface area contributed by atoms with E-state index in [1.54, 1.807) is 11.8 Å². The summed E-state index contributed by atoms with van der Waals surface area (Å²) in [5.74, 6) is 0.228. The van der Waals surface area contributed by atoms with Gasteiger partial charge in [0.2, 0.25) is 5.16 Å². The number of thioether (sulfide) groups is 1. The third-order valence-corrected chi connectivity index (χ3v) is 6.33. The van der Waals surface area contributed by atoms with Gasteiger partial charge in [0.1, 0.15) is 0 Å². The number of benzene rings is 1. The van der Waals surface area contributed by atoms with E-state index in [-0.39, 0.29) is 11.0 Å². The molecule has 1 heterocycles. The first kappa shape index (κ1) is 15.8. The van der Waals surface area contributed by atoms with Crippen LogP contribution in [0.2, 0.25) is 0 Å². The van der Waals surface area contributed by atoms with Crippen LogP contribution in [0.4, 0.5) is 0 Å². The van der Waals surface area contributed by atoms with Gasteiger partial charge in [0.05, 0.1) is 11.3 Å². The van der Waals surface area contributed by atoms with Crippen molar-refractivity contribution in [3.8, 4) is 0 Å². The number of hydrogen-bond acceptors (Lipinski definition) is 5. The minimum atomic E-state index is -0.0815. The van der Waals surface area contributed by atoms with Gasteiger partial charge in [-0.3, -0.25) is 4.79 Å². The van der Waals surface area contributed by atoms with Crippen LogP contribution in [0.1, 0.15) is 66.9 Å². The van der Waals surface area contributed by atoms with Crippen LogP contribution >= 0.6 is 11.8 Å². The molecule has 2 aliphatic carbocycles. The number of fused-ring (bicyclic) bond motifs is 1. The van der Waals surface area contributed by atoms with Crippen molar-refractivity contribution in [3.05, 3.63) is 35.4 Å². The molecule has 2 aliphatic rings. The van der Waals surface area contributed by atoms with Crippen molar-refractivity contribution in [2.75, 3.05) is 0 Å². The first-order chi connectivity index (χ1) is 11.8. The summed E-state index contributed by atoms with van der Waals surface area (Å²) in [6, 6.07) is 8.40. The van der Waals surface area contributed by atoms with Crippen LogP contribution in [0.15, 0.2) is 29.4 Å². The van der Waals surface area contributed by atoms with Crippen LogP contribution in [-0.2, 0) is 6.42 Å². The second-order valence-electron chi connectivity index (χ2n) is 6.72. The fourth-order valence-corrected chi connectivity index (χ4v) is 4.97. The maximum Gasteiger partial charge on any atom is 0.210 e. The van der Waals surface area contributed by atoms with Crippen molar-refractivity contribution in [3.63, 3.8) is 0 Å². The Hall–Kier alpha value is -1.69. The van der Waals surface area contributed by atoms with Crippen molar-refractivity contribution >= 4 is 17.5 Å². The van der Waals surface area contributed by atoms with E-state index in [2.05, 4.69) is 21.6 Å². The summed E-state index contributed by atoms with van der Waals surface area (Å²) in [5.41, 5.74) is 2.06. The van der Waals surface area contributed by atoms with E-state index >= 15 is 0 Å². The van der Waals surface area contributed by atoms with Crippen LogP contribution in [0.25, 0.3) is 0 Å². The third-order valence-electron chi connectivity index (χ3n) is 5.12. The molecule has 1 atom stereocenters. The summed E-state index contributed by atoms with van der Waals surface area (Å²) >= 11 is 1.55. The number of aromatic nitrogens is 4. The van der Waals surface area contributed by atoms with E-state index in [0.717, 1.165) is 42.8 Å². The summed E-state index contributed by atoms with van der Waals surface area (Å²) in [5, 5.41) is 13.1. The Morgan fingerprint density at radius 3 is 2.75 bits per heavy atom. The first-order valence-corrected chi connectivity index (χ1v) is 9.77. The van der Waals surface area contributed by atoms with Gasteiger partial charge in [-0.05, 0) is 48.1 Å². The van der Waals surface area contributed by atoms with Gasteiger partial charge in [0.25, 0.3) is 0 Å². The molecule has 126 valence electrons. The van der Waals surface area contributed by atoms with Gasteiger partial charge in [-0.15, -0.1) is 5.10 Å². The molecule has 1 aromatic carbocycles. The Morgan fingerprint density at radius 1 is 1.04 bits per heavy atom. The minimum absolute atomic E-state index is 0.0815. The second-order valence-corrected chi connectivity index (χ2v) is 7.89. The van der Waals surface area contributed by atoms with E-state index < -0.39 is 0 Å². The van der Waals surface area contributed by atoms with E-state index in [9.17, 15) is 4.79 Å². The quantitative estimate of drug-likeness (QED) is 0.793. The average molecular weight is 342 g/mol. The van der Waals surface area contributed by atoms with Gasteiger partial charge in [-0.25, -0.2) is 4.68 Å². The zero-order valence-corrected chi connectivity index (χ0v) is 14.5. The number of hydrogen-bond donors (Lipinski definition) is 0. The van der Waals surface area contributed by atoms with Crippen LogP contribution in [-0.4, -0.2) is 31.2 Å². The summed E-state index contributed by atoms with van der Waals surface area (Å²) in [4.78, 5) is 13.0. The van der Waals surface area contributed by atoms with Crippen molar-refractivity contribution < 1.29 is 4.79 Å². The number of Topliss-reactive ketones (excluding diaryl/α,β-unsaturated/α-hetero) is 1. The van der Waals surface area contributed by atoms with E-state index in [0.29, 0.717) is 6.04 Å². The molecule has 1 aromatic heterocycles. The lowest BCUT2D eigenvalue weighted by Crippen LogP contribution is -2.20. The van der Waals surface area contributed by atoms with Crippen LogP contribution < -0.4 is 0 Å². The molecule has 0 spiro atoms. The highest BCUT2D eigenvalue weighted by Gasteiger charge is 2.29. The molecule has 1 saturated carbocycles. The molecule has 0 aliphatic heterocycles. The molecule has 1 unspecified atom stereocenters. The van der Waals surface area contributed by atoms with Crippen molar-refractivity contribution in [1.82, 2.24) is 20.2 Å². The normalized spacial score (nSPS) is 22.2. The molecular weight excluding hydrogens is 320 g/mol. The number of rotatable bonds is 3. The van der Waals surface area contributed by atoms with Gasteiger partial charge >= 0.3 is 0 Å². The SMILES string of the molecule is O=C1c2ccccc2CCCC1Sc1nnnn1C1CCCCC1. The fraction of sp³-hybridized carbons (Fsp3) is 0.556. The second kappa shape index (κ2) is 7.05. The van der Waals surface area contributed by atoms with Crippen molar-refractivity contribution in [2.24, 2.45) is 0 Å². The molecule has 2 aromatic rings. The average Bonchev–Trinajstić information content (AvgIpc) is 3.03. The van der Waals surface area contributed by atoms with Crippen molar-refractivity contribution in [2.45, 2.75) is 67.8 Å². The molecule has 1 fully saturated rings. The topological polar surface area (TPSA) is 60.7 Å². The molecule has 0 radical (unpaired) electrons. The fourth-order valence-electron chi connectivity index (χ4n) is 3.82. The van der Waals surface area contributed by atoms with Crippen LogP contribution in [0, 0.1) is 0 Å². The number of carbonyl (C=O) groups is 1. The van der Waals surface area contributed by atoms with Gasteiger partial charge < -0.3 is 0 Å². The number of nitrogens with zero attached hydrogens (tertiary/aromatic N) is 4. The Labute approximate surface area is 146 Å². The zero-order chi connectivity index (χ0) is 16.4. The van der Waals surface area contributed by atoms with Crippen LogP contribution in [0.5, 0.6) is 0 Å². The number of carbonyl (C=O) groups excluding carboxylic acids is 1. The minimum Gasteiger partial charge on any atom is -0.293 e. The van der Waals surface area contributed by atoms with E-state index in [1.807, 2.05) is 22.9 Å². The molecular formula is C18H22N4OS.